The zero-order valence-corrected chi connectivity index (χ0v) is 37.8. The van der Waals surface area contributed by atoms with Gasteiger partial charge in [0.1, 0.15) is 0 Å². The Morgan fingerprint density at radius 2 is 0.632 bits per heavy atom. The van der Waals surface area contributed by atoms with Crippen LogP contribution in [-0.2, 0) is 0 Å². The van der Waals surface area contributed by atoms with Crippen molar-refractivity contribution in [1.29, 1.82) is 0 Å². The Hall–Kier alpha value is -8.98. The van der Waals surface area contributed by atoms with E-state index in [1.165, 1.54) is 44.5 Å². The Balaban J connectivity index is 1.03. The maximum absolute atomic E-state index is 4.04. The lowest BCUT2D eigenvalue weighted by molar-refractivity contribution is 1.28. The van der Waals surface area contributed by atoms with Gasteiger partial charge in [-0.25, -0.2) is 0 Å². The third-order valence-corrected chi connectivity index (χ3v) is 12.3. The van der Waals surface area contributed by atoms with E-state index in [0.717, 1.165) is 50.7 Å². The molecule has 0 aliphatic rings. The SMILES string of the molecule is C=C/C=C\C(=C\N(c1ccc(-c2ccccc2)cc1)c1ccc(-c2ccccc2)cc1)c1ccc(-c2ccccc2N(c2ccc(-c3ccccc3)cc2)c2ccc(-c3ccccc3)cc2)cc1. The van der Waals surface area contributed by atoms with Crippen molar-refractivity contribution in [3.63, 3.8) is 0 Å². The van der Waals surface area contributed by atoms with Crippen LogP contribution in [0.5, 0.6) is 0 Å². The molecule has 0 aromatic heterocycles. The summed E-state index contributed by atoms with van der Waals surface area (Å²) in [5, 5.41) is 0. The van der Waals surface area contributed by atoms with Crippen molar-refractivity contribution in [3.05, 3.63) is 303 Å². The molecule has 0 fully saturated rings. The van der Waals surface area contributed by atoms with E-state index in [0.29, 0.717) is 0 Å². The van der Waals surface area contributed by atoms with Crippen molar-refractivity contribution in [2.24, 2.45) is 0 Å². The lowest BCUT2D eigenvalue weighted by atomic mass is 9.97. The summed E-state index contributed by atoms with van der Waals surface area (Å²) in [4.78, 5) is 4.65. The number of allylic oxidation sites excluding steroid dienone is 4. The summed E-state index contributed by atoms with van der Waals surface area (Å²) in [6, 6.07) is 95.2. The number of benzene rings is 10. The number of rotatable bonds is 14. The summed E-state index contributed by atoms with van der Waals surface area (Å²) in [5.74, 6) is 0. The Labute approximate surface area is 401 Å². The van der Waals surface area contributed by atoms with E-state index in [2.05, 4.69) is 296 Å². The highest BCUT2D eigenvalue weighted by Gasteiger charge is 2.18. The topological polar surface area (TPSA) is 6.48 Å². The van der Waals surface area contributed by atoms with Crippen molar-refractivity contribution >= 4 is 34.0 Å². The molecule has 2 nitrogen and oxygen atoms in total. The first-order valence-corrected chi connectivity index (χ1v) is 23.1. The van der Waals surface area contributed by atoms with E-state index in [1.54, 1.807) is 0 Å². The minimum absolute atomic E-state index is 1.04. The molecule has 0 spiro atoms. The first-order chi connectivity index (χ1) is 33.7. The summed E-state index contributed by atoms with van der Waals surface area (Å²) in [6.07, 6.45) is 8.21. The zero-order valence-electron chi connectivity index (χ0n) is 37.8. The second-order valence-electron chi connectivity index (χ2n) is 16.6. The Morgan fingerprint density at radius 1 is 0.309 bits per heavy atom. The molecule has 0 aliphatic heterocycles. The third kappa shape index (κ3) is 9.67. The summed E-state index contributed by atoms with van der Waals surface area (Å²) in [5.41, 5.74) is 19.2. The number of hydrogen-bond acceptors (Lipinski definition) is 2. The van der Waals surface area contributed by atoms with Crippen molar-refractivity contribution in [3.8, 4) is 55.6 Å². The summed E-state index contributed by atoms with van der Waals surface area (Å²) >= 11 is 0. The number of hydrogen-bond donors (Lipinski definition) is 0. The quantitative estimate of drug-likeness (QED) is 0.100. The van der Waals surface area contributed by atoms with Crippen LogP contribution in [0, 0.1) is 0 Å². The van der Waals surface area contributed by atoms with Gasteiger partial charge in [0.25, 0.3) is 0 Å². The fraction of sp³-hybridized carbons (Fsp3) is 0. The summed E-state index contributed by atoms with van der Waals surface area (Å²) in [7, 11) is 0. The lowest BCUT2D eigenvalue weighted by Gasteiger charge is -2.28. The summed E-state index contributed by atoms with van der Waals surface area (Å²) < 4.78 is 0. The van der Waals surface area contributed by atoms with E-state index in [-0.39, 0.29) is 0 Å². The molecule has 0 saturated carbocycles. The van der Waals surface area contributed by atoms with Crippen LogP contribution >= 0.6 is 0 Å². The first-order valence-electron chi connectivity index (χ1n) is 23.1. The second kappa shape index (κ2) is 20.5. The number of anilines is 5. The largest absolute Gasteiger partial charge is 0.317 e. The molecule has 324 valence electrons. The van der Waals surface area contributed by atoms with E-state index in [1.807, 2.05) is 12.2 Å². The van der Waals surface area contributed by atoms with Crippen LogP contribution < -0.4 is 9.80 Å². The van der Waals surface area contributed by atoms with Crippen LogP contribution in [0.25, 0.3) is 61.2 Å². The monoisotopic (exact) mass is 870 g/mol. The van der Waals surface area contributed by atoms with Crippen LogP contribution in [0.2, 0.25) is 0 Å². The maximum Gasteiger partial charge on any atom is 0.0540 e. The van der Waals surface area contributed by atoms with Gasteiger partial charge in [-0.2, -0.15) is 0 Å². The fourth-order valence-electron chi connectivity index (χ4n) is 8.76. The molecule has 68 heavy (non-hydrogen) atoms. The van der Waals surface area contributed by atoms with Gasteiger partial charge in [-0.1, -0.05) is 237 Å². The highest BCUT2D eigenvalue weighted by atomic mass is 15.1. The van der Waals surface area contributed by atoms with Crippen molar-refractivity contribution < 1.29 is 0 Å². The molecule has 10 rings (SSSR count). The van der Waals surface area contributed by atoms with Crippen molar-refractivity contribution in [1.82, 2.24) is 0 Å². The molecule has 10 aromatic carbocycles. The summed E-state index contributed by atoms with van der Waals surface area (Å²) in [6.45, 7) is 4.04. The normalized spacial score (nSPS) is 11.3. The third-order valence-electron chi connectivity index (χ3n) is 12.3. The average Bonchev–Trinajstić information content (AvgIpc) is 3.43. The molecule has 0 saturated heterocycles. The molecule has 0 radical (unpaired) electrons. The second-order valence-corrected chi connectivity index (χ2v) is 16.6. The molecular weight excluding hydrogens is 821 g/mol. The van der Waals surface area contributed by atoms with Gasteiger partial charge in [0.2, 0.25) is 0 Å². The molecule has 10 aromatic rings. The predicted octanol–water partition coefficient (Wildman–Crippen LogP) is 18.4. The standard InChI is InChI=1S/C66H50N2/c1-2-3-18-60(49-67(61-41-33-54(34-42-61)50-19-8-4-9-20-50)62-43-35-55(36-44-62)51-21-10-5-11-22-51)58-29-31-59(32-30-58)65-27-16-17-28-66(65)68(63-45-37-56(38-46-63)52-23-12-6-13-24-52)64-47-39-57(40-48-64)53-25-14-7-15-26-53/h2-49H,1H2/b18-3-,60-49-. The maximum atomic E-state index is 4.04. The molecule has 0 heterocycles. The van der Waals surface area contributed by atoms with Crippen molar-refractivity contribution in [2.75, 3.05) is 9.80 Å². The van der Waals surface area contributed by atoms with Gasteiger partial charge in [-0.3, -0.25) is 0 Å². The van der Waals surface area contributed by atoms with E-state index < -0.39 is 0 Å². The number of nitrogens with zero attached hydrogens (tertiary/aromatic N) is 2. The minimum Gasteiger partial charge on any atom is -0.317 e. The van der Waals surface area contributed by atoms with E-state index in [4.69, 9.17) is 0 Å². The first kappa shape index (κ1) is 42.9. The van der Waals surface area contributed by atoms with E-state index >= 15 is 0 Å². The van der Waals surface area contributed by atoms with Crippen LogP contribution in [-0.4, -0.2) is 0 Å². The van der Waals surface area contributed by atoms with Gasteiger partial charge in [-0.05, 0) is 116 Å². The Bertz CT molecular complexity index is 3100. The predicted molar refractivity (Wildman–Crippen MR) is 291 cm³/mol. The van der Waals surface area contributed by atoms with Crippen molar-refractivity contribution in [2.45, 2.75) is 0 Å². The zero-order chi connectivity index (χ0) is 45.9. The highest BCUT2D eigenvalue weighted by Crippen LogP contribution is 2.42. The molecular formula is C66H50N2. The minimum atomic E-state index is 1.04. The van der Waals surface area contributed by atoms with Gasteiger partial charge >= 0.3 is 0 Å². The highest BCUT2D eigenvalue weighted by molar-refractivity contribution is 5.90. The van der Waals surface area contributed by atoms with Crippen LogP contribution in [0.3, 0.4) is 0 Å². The lowest BCUT2D eigenvalue weighted by Crippen LogP contribution is -2.11. The van der Waals surface area contributed by atoms with Gasteiger partial charge in [0.05, 0.1) is 5.69 Å². The average molecular weight is 871 g/mol. The Morgan fingerprint density at radius 3 is 1.01 bits per heavy atom. The molecule has 0 bridgehead atoms. The fourth-order valence-corrected chi connectivity index (χ4v) is 8.76. The molecule has 0 unspecified atom stereocenters. The molecule has 0 N–H and O–H groups in total. The Kier molecular flexibility index (Phi) is 12.9. The van der Waals surface area contributed by atoms with Crippen LogP contribution in [0.1, 0.15) is 5.56 Å². The van der Waals surface area contributed by atoms with Gasteiger partial charge in [0, 0.05) is 34.5 Å². The van der Waals surface area contributed by atoms with Gasteiger partial charge in [0.15, 0.2) is 0 Å². The molecule has 0 amide bonds. The van der Waals surface area contributed by atoms with Gasteiger partial charge in [-0.15, -0.1) is 0 Å². The van der Waals surface area contributed by atoms with Gasteiger partial charge < -0.3 is 9.80 Å². The van der Waals surface area contributed by atoms with Crippen LogP contribution in [0.4, 0.5) is 28.4 Å². The molecule has 2 heteroatoms. The molecule has 0 aliphatic carbocycles. The number of para-hydroxylation sites is 1. The molecule has 0 atom stereocenters. The van der Waals surface area contributed by atoms with Crippen LogP contribution in [0.15, 0.2) is 298 Å². The van der Waals surface area contributed by atoms with E-state index in [9.17, 15) is 0 Å². The smallest absolute Gasteiger partial charge is 0.0540 e.